The first-order chi connectivity index (χ1) is 15.6. The highest BCUT2D eigenvalue weighted by atomic mass is 32.2. The van der Waals surface area contributed by atoms with E-state index in [1.807, 2.05) is 43.5 Å². The summed E-state index contributed by atoms with van der Waals surface area (Å²) in [7, 11) is 0. The number of nitrogens with one attached hydrogen (secondary N) is 2. The number of aromatic amines is 1. The van der Waals surface area contributed by atoms with Crippen molar-refractivity contribution in [1.82, 2.24) is 4.98 Å². The number of rotatable bonds is 6. The minimum atomic E-state index is -0.320. The summed E-state index contributed by atoms with van der Waals surface area (Å²) in [5.41, 5.74) is 4.61. The second kappa shape index (κ2) is 9.92. The van der Waals surface area contributed by atoms with Gasteiger partial charge in [-0.15, -0.1) is 0 Å². The van der Waals surface area contributed by atoms with E-state index >= 15 is 0 Å². The molecule has 0 radical (unpaired) electrons. The fraction of sp³-hybridized carbons (Fsp3) is 0.231. The number of carbonyl (C=O) groups excluding carboxylic acids is 1. The second-order valence-electron chi connectivity index (χ2n) is 7.54. The second-order valence-corrected chi connectivity index (χ2v) is 8.34. The smallest absolute Gasteiger partial charge is 0.355 e. The van der Waals surface area contributed by atoms with E-state index in [-0.39, 0.29) is 5.97 Å². The standard InChI is InChI=1S/C26H27N3O2S/c1-4-31-25(30)24-20(21-16-17(2)12-13-23(21)28-24)14-15-27-26(32-3)29-22-11-7-9-18-8-5-6-10-19(18)22/h5-13,16,28H,4,14-15H2,1-3H3,(H,27,29). The average Bonchev–Trinajstić information content (AvgIpc) is 3.16. The number of thioether (sulfide) groups is 1. The van der Waals surface area contributed by atoms with Gasteiger partial charge in [0.2, 0.25) is 0 Å². The van der Waals surface area contributed by atoms with Crippen molar-refractivity contribution in [3.63, 3.8) is 0 Å². The SMILES string of the molecule is CCOC(=O)c1[nH]c2ccc(C)cc2c1CCN=C(Nc1cccc2ccccc12)SC. The molecule has 5 nitrogen and oxygen atoms in total. The molecule has 4 rings (SSSR count). The van der Waals surface area contributed by atoms with Gasteiger partial charge in [0.15, 0.2) is 5.17 Å². The Morgan fingerprint density at radius 2 is 1.91 bits per heavy atom. The van der Waals surface area contributed by atoms with Crippen LogP contribution in [-0.4, -0.2) is 35.5 Å². The summed E-state index contributed by atoms with van der Waals surface area (Å²) in [5, 5.41) is 7.71. The number of aliphatic imine (C=N–C) groups is 1. The van der Waals surface area contributed by atoms with Crippen LogP contribution in [0.1, 0.15) is 28.5 Å². The molecule has 164 valence electrons. The molecule has 0 aliphatic heterocycles. The van der Waals surface area contributed by atoms with Crippen LogP contribution in [0.2, 0.25) is 0 Å². The van der Waals surface area contributed by atoms with Gasteiger partial charge in [0.25, 0.3) is 0 Å². The first-order valence-electron chi connectivity index (χ1n) is 10.7. The summed E-state index contributed by atoms with van der Waals surface area (Å²) in [6.45, 7) is 4.77. The maximum absolute atomic E-state index is 12.5. The average molecular weight is 446 g/mol. The molecular formula is C26H27N3O2S. The summed E-state index contributed by atoms with van der Waals surface area (Å²) >= 11 is 1.57. The van der Waals surface area contributed by atoms with Crippen LogP contribution >= 0.6 is 11.8 Å². The predicted molar refractivity (Wildman–Crippen MR) is 136 cm³/mol. The molecule has 0 saturated heterocycles. The number of aryl methyl sites for hydroxylation is 1. The van der Waals surface area contributed by atoms with Gasteiger partial charge in [-0.05, 0) is 55.7 Å². The van der Waals surface area contributed by atoms with Crippen LogP contribution in [0, 0.1) is 6.92 Å². The number of H-pyrrole nitrogens is 1. The van der Waals surface area contributed by atoms with Gasteiger partial charge in [-0.1, -0.05) is 59.8 Å². The third-order valence-electron chi connectivity index (χ3n) is 5.38. The maximum Gasteiger partial charge on any atom is 0.355 e. The highest BCUT2D eigenvalue weighted by molar-refractivity contribution is 8.13. The fourth-order valence-corrected chi connectivity index (χ4v) is 4.31. The monoisotopic (exact) mass is 445 g/mol. The highest BCUT2D eigenvalue weighted by Crippen LogP contribution is 2.26. The number of carbonyl (C=O) groups is 1. The lowest BCUT2D eigenvalue weighted by Crippen LogP contribution is -2.11. The number of aromatic nitrogens is 1. The van der Waals surface area contributed by atoms with Gasteiger partial charge in [-0.25, -0.2) is 4.79 Å². The number of esters is 1. The molecule has 2 N–H and O–H groups in total. The number of hydrogen-bond acceptors (Lipinski definition) is 4. The van der Waals surface area contributed by atoms with Gasteiger partial charge in [-0.2, -0.15) is 0 Å². The van der Waals surface area contributed by atoms with Crippen molar-refractivity contribution in [2.75, 3.05) is 24.7 Å². The zero-order chi connectivity index (χ0) is 22.5. The topological polar surface area (TPSA) is 66.5 Å². The van der Waals surface area contributed by atoms with Crippen LogP contribution in [0.3, 0.4) is 0 Å². The van der Waals surface area contributed by atoms with Crippen LogP contribution < -0.4 is 5.32 Å². The molecule has 0 fully saturated rings. The molecule has 0 bridgehead atoms. The summed E-state index contributed by atoms with van der Waals surface area (Å²) in [6.07, 6.45) is 2.65. The molecule has 1 heterocycles. The Balaban J connectivity index is 1.58. The molecule has 0 saturated carbocycles. The van der Waals surface area contributed by atoms with Crippen LogP contribution in [0.4, 0.5) is 5.69 Å². The molecule has 0 aliphatic carbocycles. The zero-order valence-corrected chi connectivity index (χ0v) is 19.4. The number of benzene rings is 3. The first kappa shape index (κ1) is 22.0. The van der Waals surface area contributed by atoms with Gasteiger partial charge in [0, 0.05) is 28.5 Å². The van der Waals surface area contributed by atoms with Crippen molar-refractivity contribution in [3.05, 3.63) is 77.5 Å². The van der Waals surface area contributed by atoms with Crippen molar-refractivity contribution >= 4 is 50.3 Å². The zero-order valence-electron chi connectivity index (χ0n) is 18.6. The lowest BCUT2D eigenvalue weighted by atomic mass is 10.1. The van der Waals surface area contributed by atoms with E-state index in [1.54, 1.807) is 11.8 Å². The Morgan fingerprint density at radius 3 is 2.72 bits per heavy atom. The molecule has 0 unspecified atom stereocenters. The fourth-order valence-electron chi connectivity index (χ4n) is 3.87. The number of hydrogen-bond donors (Lipinski definition) is 2. The van der Waals surface area contributed by atoms with E-state index in [4.69, 9.17) is 9.73 Å². The van der Waals surface area contributed by atoms with E-state index < -0.39 is 0 Å². The van der Waals surface area contributed by atoms with Crippen molar-refractivity contribution in [2.45, 2.75) is 20.3 Å². The summed E-state index contributed by atoms with van der Waals surface area (Å²) < 4.78 is 5.27. The summed E-state index contributed by atoms with van der Waals surface area (Å²) in [4.78, 5) is 20.6. The van der Waals surface area contributed by atoms with Crippen molar-refractivity contribution < 1.29 is 9.53 Å². The largest absolute Gasteiger partial charge is 0.461 e. The number of nitrogens with zero attached hydrogens (tertiary/aromatic N) is 1. The Kier molecular flexibility index (Phi) is 6.81. The number of amidine groups is 1. The third kappa shape index (κ3) is 4.65. The normalized spacial score (nSPS) is 11.8. The highest BCUT2D eigenvalue weighted by Gasteiger charge is 2.18. The first-order valence-corrected chi connectivity index (χ1v) is 11.9. The van der Waals surface area contributed by atoms with E-state index in [0.29, 0.717) is 25.3 Å². The molecule has 0 spiro atoms. The lowest BCUT2D eigenvalue weighted by Gasteiger charge is -2.11. The number of fused-ring (bicyclic) bond motifs is 2. The molecule has 1 aromatic heterocycles. The van der Waals surface area contributed by atoms with Gasteiger partial charge >= 0.3 is 5.97 Å². The third-order valence-corrected chi connectivity index (χ3v) is 6.00. The minimum absolute atomic E-state index is 0.320. The van der Waals surface area contributed by atoms with Gasteiger partial charge < -0.3 is 15.0 Å². The molecule has 0 atom stereocenters. The van der Waals surface area contributed by atoms with E-state index in [2.05, 4.69) is 47.6 Å². The van der Waals surface area contributed by atoms with Crippen LogP contribution in [0.25, 0.3) is 21.7 Å². The lowest BCUT2D eigenvalue weighted by molar-refractivity contribution is 0.0519. The van der Waals surface area contributed by atoms with Crippen molar-refractivity contribution in [1.29, 1.82) is 0 Å². The maximum atomic E-state index is 12.5. The molecule has 4 aromatic rings. The minimum Gasteiger partial charge on any atom is -0.461 e. The molecule has 0 amide bonds. The molecule has 0 aliphatic rings. The summed E-state index contributed by atoms with van der Waals surface area (Å²) in [5.74, 6) is -0.320. The van der Waals surface area contributed by atoms with Crippen molar-refractivity contribution in [2.24, 2.45) is 4.99 Å². The summed E-state index contributed by atoms with van der Waals surface area (Å²) in [6, 6.07) is 20.7. The van der Waals surface area contributed by atoms with Crippen LogP contribution in [0.15, 0.2) is 65.7 Å². The van der Waals surface area contributed by atoms with Gasteiger partial charge in [0.05, 0.1) is 6.61 Å². The Bertz CT molecular complexity index is 1290. The number of anilines is 1. The predicted octanol–water partition coefficient (Wildman–Crippen LogP) is 6.18. The number of ether oxygens (including phenoxy) is 1. The quantitative estimate of drug-likeness (QED) is 0.211. The van der Waals surface area contributed by atoms with E-state index in [9.17, 15) is 4.79 Å². The molecule has 32 heavy (non-hydrogen) atoms. The van der Waals surface area contributed by atoms with Crippen LogP contribution in [-0.2, 0) is 11.2 Å². The van der Waals surface area contributed by atoms with Gasteiger partial charge in [-0.3, -0.25) is 4.99 Å². The van der Waals surface area contributed by atoms with Crippen LogP contribution in [0.5, 0.6) is 0 Å². The molecule has 6 heteroatoms. The Morgan fingerprint density at radius 1 is 1.09 bits per heavy atom. The van der Waals surface area contributed by atoms with Gasteiger partial charge in [0.1, 0.15) is 5.69 Å². The molecule has 3 aromatic carbocycles. The van der Waals surface area contributed by atoms with E-state index in [0.717, 1.165) is 38.3 Å². The Labute approximate surface area is 192 Å². The van der Waals surface area contributed by atoms with E-state index in [1.165, 1.54) is 5.39 Å². The Hall–Kier alpha value is -3.25. The van der Waals surface area contributed by atoms with Crippen molar-refractivity contribution in [3.8, 4) is 0 Å². The molecular weight excluding hydrogens is 418 g/mol.